The summed E-state index contributed by atoms with van der Waals surface area (Å²) in [6.45, 7) is 6.08. The van der Waals surface area contributed by atoms with Gasteiger partial charge in [0, 0.05) is 12.5 Å². The fraction of sp³-hybridized carbons (Fsp3) is 0.529. The zero-order valence-electron chi connectivity index (χ0n) is 13.1. The van der Waals surface area contributed by atoms with Crippen molar-refractivity contribution in [2.45, 2.75) is 52.5 Å². The van der Waals surface area contributed by atoms with Crippen molar-refractivity contribution in [1.29, 1.82) is 0 Å². The maximum absolute atomic E-state index is 11.7. The number of nitrogens with one attached hydrogen (secondary N) is 1. The molecule has 0 spiro atoms. The standard InChI is InChI=1S/C17H25NO3/c1-12(2)10-15-6-4-14(5-7-15)8-9-16(19)18-13(3)11-17(20)21/h4-7,12-13H,8-11H2,1-3H3,(H,18,19)(H,20,21). The lowest BCUT2D eigenvalue weighted by molar-refractivity contribution is -0.137. The summed E-state index contributed by atoms with van der Waals surface area (Å²) < 4.78 is 0. The number of amides is 1. The van der Waals surface area contributed by atoms with E-state index in [0.717, 1.165) is 12.0 Å². The van der Waals surface area contributed by atoms with Crippen LogP contribution in [0.15, 0.2) is 24.3 Å². The second kappa shape index (κ2) is 8.45. The Morgan fingerprint density at radius 3 is 2.19 bits per heavy atom. The zero-order valence-corrected chi connectivity index (χ0v) is 13.1. The van der Waals surface area contributed by atoms with Crippen molar-refractivity contribution in [2.24, 2.45) is 5.92 Å². The number of carboxylic acids is 1. The molecule has 0 aliphatic rings. The number of carbonyl (C=O) groups is 2. The second-order valence-corrected chi connectivity index (χ2v) is 5.98. The summed E-state index contributed by atoms with van der Waals surface area (Å²) in [5.74, 6) is -0.365. The molecule has 4 heteroatoms. The zero-order chi connectivity index (χ0) is 15.8. The first-order chi connectivity index (χ1) is 9.86. The molecular formula is C17H25NO3. The molecule has 0 saturated carbocycles. The molecule has 116 valence electrons. The van der Waals surface area contributed by atoms with Gasteiger partial charge in [0.2, 0.25) is 5.91 Å². The lowest BCUT2D eigenvalue weighted by Crippen LogP contribution is -2.34. The average Bonchev–Trinajstić information content (AvgIpc) is 2.36. The molecule has 1 unspecified atom stereocenters. The molecule has 0 heterocycles. The summed E-state index contributed by atoms with van der Waals surface area (Å²) in [6.07, 6.45) is 2.07. The van der Waals surface area contributed by atoms with Gasteiger partial charge in [0.1, 0.15) is 0 Å². The van der Waals surface area contributed by atoms with Crippen molar-refractivity contribution in [2.75, 3.05) is 0 Å². The highest BCUT2D eigenvalue weighted by Gasteiger charge is 2.10. The fourth-order valence-corrected chi connectivity index (χ4v) is 2.23. The molecule has 1 aromatic rings. The molecule has 0 aliphatic carbocycles. The Bertz CT molecular complexity index is 465. The van der Waals surface area contributed by atoms with Gasteiger partial charge in [-0.2, -0.15) is 0 Å². The molecule has 4 nitrogen and oxygen atoms in total. The monoisotopic (exact) mass is 291 g/mol. The second-order valence-electron chi connectivity index (χ2n) is 5.98. The minimum absolute atomic E-state index is 0.0460. The van der Waals surface area contributed by atoms with Crippen LogP contribution in [-0.2, 0) is 22.4 Å². The third-order valence-corrected chi connectivity index (χ3v) is 3.20. The summed E-state index contributed by atoms with van der Waals surface area (Å²) in [4.78, 5) is 22.2. The molecule has 1 aromatic carbocycles. The molecule has 21 heavy (non-hydrogen) atoms. The Labute approximate surface area is 126 Å². The van der Waals surface area contributed by atoms with E-state index < -0.39 is 5.97 Å². The van der Waals surface area contributed by atoms with Gasteiger partial charge in [-0.1, -0.05) is 38.1 Å². The fourth-order valence-electron chi connectivity index (χ4n) is 2.23. The third kappa shape index (κ3) is 7.49. The summed E-state index contributed by atoms with van der Waals surface area (Å²) >= 11 is 0. The predicted octanol–water partition coefficient (Wildman–Crippen LogP) is 2.80. The number of benzene rings is 1. The van der Waals surface area contributed by atoms with E-state index in [0.29, 0.717) is 18.8 Å². The van der Waals surface area contributed by atoms with Gasteiger partial charge < -0.3 is 10.4 Å². The number of hydrogen-bond donors (Lipinski definition) is 2. The van der Waals surface area contributed by atoms with Crippen LogP contribution in [0, 0.1) is 5.92 Å². The van der Waals surface area contributed by atoms with Gasteiger partial charge in [-0.3, -0.25) is 9.59 Å². The number of carbonyl (C=O) groups excluding carboxylic acids is 1. The molecule has 0 aromatic heterocycles. The molecule has 2 N–H and O–H groups in total. The summed E-state index contributed by atoms with van der Waals surface area (Å²) in [7, 11) is 0. The number of carboxylic acid groups (broad SMARTS) is 1. The van der Waals surface area contributed by atoms with Crippen molar-refractivity contribution in [3.05, 3.63) is 35.4 Å². The van der Waals surface area contributed by atoms with Crippen molar-refractivity contribution < 1.29 is 14.7 Å². The van der Waals surface area contributed by atoms with E-state index in [1.807, 2.05) is 0 Å². The van der Waals surface area contributed by atoms with Crippen LogP contribution < -0.4 is 5.32 Å². The number of aryl methyl sites for hydroxylation is 1. The van der Waals surface area contributed by atoms with Gasteiger partial charge in [-0.15, -0.1) is 0 Å². The van der Waals surface area contributed by atoms with Gasteiger partial charge in [-0.05, 0) is 36.8 Å². The quantitative estimate of drug-likeness (QED) is 0.774. The highest BCUT2D eigenvalue weighted by atomic mass is 16.4. The van der Waals surface area contributed by atoms with Crippen LogP contribution >= 0.6 is 0 Å². The third-order valence-electron chi connectivity index (χ3n) is 3.20. The Morgan fingerprint density at radius 1 is 1.10 bits per heavy atom. The van der Waals surface area contributed by atoms with Gasteiger partial charge in [-0.25, -0.2) is 0 Å². The van der Waals surface area contributed by atoms with Gasteiger partial charge in [0.05, 0.1) is 6.42 Å². The van der Waals surface area contributed by atoms with E-state index in [9.17, 15) is 9.59 Å². The predicted molar refractivity (Wildman–Crippen MR) is 83.2 cm³/mol. The van der Waals surface area contributed by atoms with Crippen LogP contribution in [0.25, 0.3) is 0 Å². The summed E-state index contributed by atoms with van der Waals surface area (Å²) in [5, 5.41) is 11.3. The highest BCUT2D eigenvalue weighted by Crippen LogP contribution is 2.11. The Balaban J connectivity index is 2.37. The van der Waals surface area contributed by atoms with E-state index in [1.54, 1.807) is 6.92 Å². The molecule has 0 fully saturated rings. The lowest BCUT2D eigenvalue weighted by Gasteiger charge is -2.11. The molecule has 1 amide bonds. The van der Waals surface area contributed by atoms with Crippen LogP contribution in [0.2, 0.25) is 0 Å². The number of aliphatic carboxylic acids is 1. The topological polar surface area (TPSA) is 66.4 Å². The normalized spacial score (nSPS) is 12.2. The van der Waals surface area contributed by atoms with Crippen molar-refractivity contribution in [3.8, 4) is 0 Å². The van der Waals surface area contributed by atoms with E-state index in [-0.39, 0.29) is 18.4 Å². The van der Waals surface area contributed by atoms with E-state index in [4.69, 9.17) is 5.11 Å². The Hall–Kier alpha value is -1.84. The Morgan fingerprint density at radius 2 is 1.67 bits per heavy atom. The number of rotatable bonds is 8. The lowest BCUT2D eigenvalue weighted by atomic mass is 10.0. The van der Waals surface area contributed by atoms with Crippen LogP contribution in [-0.4, -0.2) is 23.0 Å². The van der Waals surface area contributed by atoms with Crippen molar-refractivity contribution in [3.63, 3.8) is 0 Å². The first kappa shape index (κ1) is 17.2. The minimum Gasteiger partial charge on any atom is -0.481 e. The molecule has 0 saturated heterocycles. The highest BCUT2D eigenvalue weighted by molar-refractivity contribution is 5.77. The largest absolute Gasteiger partial charge is 0.481 e. The average molecular weight is 291 g/mol. The molecule has 0 bridgehead atoms. The maximum atomic E-state index is 11.7. The summed E-state index contributed by atoms with van der Waals surface area (Å²) in [5.41, 5.74) is 2.44. The SMILES string of the molecule is CC(C)Cc1ccc(CCC(=O)NC(C)CC(=O)O)cc1. The van der Waals surface area contributed by atoms with Crippen LogP contribution in [0.5, 0.6) is 0 Å². The van der Waals surface area contributed by atoms with Gasteiger partial charge >= 0.3 is 5.97 Å². The minimum atomic E-state index is -0.899. The van der Waals surface area contributed by atoms with E-state index in [1.165, 1.54) is 5.56 Å². The van der Waals surface area contributed by atoms with E-state index >= 15 is 0 Å². The smallest absolute Gasteiger partial charge is 0.305 e. The van der Waals surface area contributed by atoms with Crippen molar-refractivity contribution in [1.82, 2.24) is 5.32 Å². The summed E-state index contributed by atoms with van der Waals surface area (Å²) in [6, 6.07) is 8.01. The van der Waals surface area contributed by atoms with Crippen LogP contribution in [0.3, 0.4) is 0 Å². The molecule has 0 aliphatic heterocycles. The first-order valence-corrected chi connectivity index (χ1v) is 7.45. The Kier molecular flexibility index (Phi) is 6.92. The molecular weight excluding hydrogens is 266 g/mol. The van der Waals surface area contributed by atoms with Crippen LogP contribution in [0.4, 0.5) is 0 Å². The first-order valence-electron chi connectivity index (χ1n) is 7.45. The molecule has 0 radical (unpaired) electrons. The van der Waals surface area contributed by atoms with E-state index in [2.05, 4.69) is 43.4 Å². The molecule has 1 rings (SSSR count). The molecule has 1 atom stereocenters. The van der Waals surface area contributed by atoms with Crippen LogP contribution in [0.1, 0.15) is 44.7 Å². The van der Waals surface area contributed by atoms with Gasteiger partial charge in [0.25, 0.3) is 0 Å². The maximum Gasteiger partial charge on any atom is 0.305 e. The van der Waals surface area contributed by atoms with Gasteiger partial charge in [0.15, 0.2) is 0 Å². The number of hydrogen-bond acceptors (Lipinski definition) is 2. The van der Waals surface area contributed by atoms with Crippen molar-refractivity contribution >= 4 is 11.9 Å².